The lowest BCUT2D eigenvalue weighted by Crippen LogP contribution is -2.61. The molecule has 0 bridgehead atoms. The molecule has 46 heavy (non-hydrogen) atoms. The molecule has 0 spiro atoms. The molecule has 1 aromatic carbocycles. The molecule has 1 aliphatic heterocycles. The van der Waals surface area contributed by atoms with Crippen LogP contribution < -0.4 is 10.0 Å². The van der Waals surface area contributed by atoms with Gasteiger partial charge in [0.2, 0.25) is 15.9 Å². The molecule has 3 N–H and O–H groups in total. The monoisotopic (exact) mass is 679 g/mol. The molecular weight excluding hydrogens is 623 g/mol. The Bertz CT molecular complexity index is 1380. The Hall–Kier alpha value is -1.66. The number of nitrogens with zero attached hydrogens (tertiary/aromatic N) is 1. The number of hydrogen-bond acceptors (Lipinski definition) is 8. The summed E-state index contributed by atoms with van der Waals surface area (Å²) in [6.07, 6.45) is 4.50. The normalized spacial score (nSPS) is 31.9. The summed E-state index contributed by atoms with van der Waals surface area (Å²) in [5, 5.41) is 15.4. The van der Waals surface area contributed by atoms with Crippen LogP contribution in [0.4, 0.5) is 0 Å². The van der Waals surface area contributed by atoms with Crippen LogP contribution in [0.25, 0.3) is 0 Å². The van der Waals surface area contributed by atoms with E-state index in [0.29, 0.717) is 25.1 Å². The predicted molar refractivity (Wildman–Crippen MR) is 185 cm³/mol. The van der Waals surface area contributed by atoms with Crippen LogP contribution in [-0.2, 0) is 36.2 Å². The number of fused-ring (bicyclic) bond motifs is 1. The van der Waals surface area contributed by atoms with Gasteiger partial charge >= 0.3 is 5.97 Å². The van der Waals surface area contributed by atoms with E-state index in [-0.39, 0.29) is 48.7 Å². The maximum Gasteiger partial charge on any atom is 0.320 e. The first-order valence-corrected chi connectivity index (χ1v) is 19.7. The molecular formula is C35H57N3O6S2. The summed E-state index contributed by atoms with van der Waals surface area (Å²) in [5.74, 6) is -0.368. The van der Waals surface area contributed by atoms with Gasteiger partial charge in [-0.15, -0.1) is 11.8 Å². The third-order valence-electron chi connectivity index (χ3n) is 12.2. The largest absolute Gasteiger partial charge is 0.465 e. The minimum Gasteiger partial charge on any atom is -0.465 e. The summed E-state index contributed by atoms with van der Waals surface area (Å²) in [7, 11) is -3.79. The molecule has 3 aliphatic rings. The van der Waals surface area contributed by atoms with Gasteiger partial charge in [-0.2, -0.15) is 0 Å². The quantitative estimate of drug-likeness (QED) is 0.244. The topological polar surface area (TPSA) is 125 Å². The van der Waals surface area contributed by atoms with Gasteiger partial charge in [-0.3, -0.25) is 14.5 Å². The molecule has 5 atom stereocenters. The van der Waals surface area contributed by atoms with Crippen LogP contribution in [0.15, 0.2) is 24.3 Å². The Labute approximate surface area is 281 Å². The summed E-state index contributed by atoms with van der Waals surface area (Å²) in [4.78, 5) is 27.4. The summed E-state index contributed by atoms with van der Waals surface area (Å²) >= 11 is 1.59. The number of thioether (sulfide) groups is 1. The van der Waals surface area contributed by atoms with Crippen LogP contribution in [0.3, 0.4) is 0 Å². The summed E-state index contributed by atoms with van der Waals surface area (Å²) < 4.78 is 35.9. The molecule has 2 fully saturated rings. The lowest BCUT2D eigenvalue weighted by molar-refractivity contribution is -0.146. The molecule has 11 heteroatoms. The van der Waals surface area contributed by atoms with Crippen molar-refractivity contribution in [3.8, 4) is 0 Å². The first-order valence-electron chi connectivity index (χ1n) is 17.1. The Morgan fingerprint density at radius 3 is 2.46 bits per heavy atom. The number of sulfonamides is 1. The Balaban J connectivity index is 1.49. The highest BCUT2D eigenvalue weighted by Gasteiger charge is 2.66. The molecule has 9 nitrogen and oxygen atoms in total. The minimum atomic E-state index is -3.79. The number of esters is 1. The third-order valence-corrected chi connectivity index (χ3v) is 15.2. The lowest BCUT2D eigenvalue weighted by Gasteiger charge is -2.50. The van der Waals surface area contributed by atoms with Crippen LogP contribution in [0.5, 0.6) is 0 Å². The fraction of sp³-hybridized carbons (Fsp3) is 0.771. The summed E-state index contributed by atoms with van der Waals surface area (Å²) in [6.45, 7) is 16.5. The number of benzene rings is 1. The number of aryl methyl sites for hydroxylation is 1. The summed E-state index contributed by atoms with van der Waals surface area (Å²) in [6, 6.07) is 7.92. The van der Waals surface area contributed by atoms with Crippen LogP contribution in [0, 0.1) is 16.7 Å². The number of nitrogens with one attached hydrogen (secondary N) is 2. The zero-order valence-corrected chi connectivity index (χ0v) is 30.8. The highest BCUT2D eigenvalue weighted by atomic mass is 32.2. The third kappa shape index (κ3) is 6.78. The maximum atomic E-state index is 13.9. The fourth-order valence-electron chi connectivity index (χ4n) is 8.91. The van der Waals surface area contributed by atoms with Gasteiger partial charge in [0.25, 0.3) is 0 Å². The van der Waals surface area contributed by atoms with Gasteiger partial charge in [0.05, 0.1) is 35.4 Å². The second kappa shape index (κ2) is 13.7. The number of carbonyl (C=O) groups excluding carboxylic acids is 2. The van der Waals surface area contributed by atoms with Crippen molar-refractivity contribution in [2.75, 3.05) is 37.7 Å². The van der Waals surface area contributed by atoms with E-state index in [1.54, 1.807) is 18.7 Å². The van der Waals surface area contributed by atoms with Gasteiger partial charge in [-0.05, 0) is 87.2 Å². The van der Waals surface area contributed by atoms with Gasteiger partial charge in [0.1, 0.15) is 0 Å². The van der Waals surface area contributed by atoms with Crippen molar-refractivity contribution in [2.24, 2.45) is 16.7 Å². The van der Waals surface area contributed by atoms with Crippen molar-refractivity contribution in [2.45, 2.75) is 116 Å². The average molecular weight is 680 g/mol. The number of hydrogen-bond donors (Lipinski definition) is 3. The molecule has 0 radical (unpaired) electrons. The smallest absolute Gasteiger partial charge is 0.320 e. The number of rotatable bonds is 14. The fourth-order valence-corrected chi connectivity index (χ4v) is 12.2. The number of carbonyl (C=O) groups is 2. The van der Waals surface area contributed by atoms with E-state index >= 15 is 0 Å². The highest BCUT2D eigenvalue weighted by Crippen LogP contribution is 2.63. The molecule has 0 aromatic heterocycles. The highest BCUT2D eigenvalue weighted by molar-refractivity contribution is 8.00. The molecule has 1 heterocycles. The van der Waals surface area contributed by atoms with Crippen LogP contribution in [0.2, 0.25) is 0 Å². The van der Waals surface area contributed by atoms with E-state index in [1.807, 2.05) is 25.7 Å². The van der Waals surface area contributed by atoms with Crippen LogP contribution in [-0.4, -0.2) is 84.6 Å². The maximum absolute atomic E-state index is 13.9. The van der Waals surface area contributed by atoms with Crippen LogP contribution >= 0.6 is 11.8 Å². The van der Waals surface area contributed by atoms with Crippen molar-refractivity contribution in [3.63, 3.8) is 0 Å². The second-order valence-corrected chi connectivity index (χ2v) is 18.3. The van der Waals surface area contributed by atoms with Crippen molar-refractivity contribution in [1.29, 1.82) is 0 Å². The molecule has 5 unspecified atom stereocenters. The molecule has 1 amide bonds. The molecule has 1 saturated carbocycles. The lowest BCUT2D eigenvalue weighted by atomic mass is 9.60. The van der Waals surface area contributed by atoms with Gasteiger partial charge < -0.3 is 15.2 Å². The van der Waals surface area contributed by atoms with Gasteiger partial charge in [0, 0.05) is 24.3 Å². The molecule has 4 rings (SSSR count). The Morgan fingerprint density at radius 1 is 1.11 bits per heavy atom. The zero-order valence-electron chi connectivity index (χ0n) is 29.2. The standard InChI is InChI=1S/C35H57N3O6S2/c1-9-33(17-16-26-14-12-13-15-27(26)33)18-19-37-46(42,43)24-34(10-2)31(5,6)25(4)20-35(34,41)23-36-30(40)28-22-45-32(7,8)38(28)21-29(39)44-11-3/h12-15,25,28,37,41H,9-11,16-24H2,1-8H3,(H,36,40). The van der Waals surface area contributed by atoms with E-state index in [2.05, 4.69) is 62.0 Å². The van der Waals surface area contributed by atoms with E-state index < -0.39 is 37.4 Å². The SMILES string of the molecule is CCOC(=O)CN1C(C(=O)NCC2(O)CC(C)C(C)(C)C2(CC)CS(=O)(=O)NCCC2(CC)CCc3ccccc32)CSC1(C)C. The molecule has 1 aromatic rings. The van der Waals surface area contributed by atoms with Gasteiger partial charge in [0.15, 0.2) is 0 Å². The van der Waals surface area contributed by atoms with Crippen LogP contribution in [0.1, 0.15) is 98.6 Å². The summed E-state index contributed by atoms with van der Waals surface area (Å²) in [5.41, 5.74) is -0.321. The number of ether oxygens (including phenoxy) is 1. The molecule has 2 aliphatic carbocycles. The Kier molecular flexibility index (Phi) is 11.1. The van der Waals surface area contributed by atoms with E-state index in [4.69, 9.17) is 4.74 Å². The zero-order chi connectivity index (χ0) is 34.2. The van der Waals surface area contributed by atoms with Gasteiger partial charge in [-0.25, -0.2) is 13.1 Å². The van der Waals surface area contributed by atoms with E-state index in [9.17, 15) is 23.1 Å². The number of amides is 1. The van der Waals surface area contributed by atoms with Crippen molar-refractivity contribution >= 4 is 33.7 Å². The molecule has 1 saturated heterocycles. The first kappa shape index (κ1) is 37.2. The van der Waals surface area contributed by atoms with Gasteiger partial charge in [-0.1, -0.05) is 58.9 Å². The second-order valence-electron chi connectivity index (χ2n) is 14.9. The number of aliphatic hydroxyl groups is 1. The first-order chi connectivity index (χ1) is 21.4. The van der Waals surface area contributed by atoms with E-state index in [1.165, 1.54) is 11.1 Å². The minimum absolute atomic E-state index is 0.00598. The van der Waals surface area contributed by atoms with E-state index in [0.717, 1.165) is 25.7 Å². The molecule has 260 valence electrons. The predicted octanol–water partition coefficient (Wildman–Crippen LogP) is 4.62. The van der Waals surface area contributed by atoms with Crippen molar-refractivity contribution in [1.82, 2.24) is 14.9 Å². The Morgan fingerprint density at radius 2 is 1.80 bits per heavy atom. The average Bonchev–Trinajstić information content (AvgIpc) is 3.55. The van der Waals surface area contributed by atoms with Crippen molar-refractivity contribution in [3.05, 3.63) is 35.4 Å². The van der Waals surface area contributed by atoms with Crippen molar-refractivity contribution < 1.29 is 27.9 Å².